The van der Waals surface area contributed by atoms with Gasteiger partial charge in [-0.25, -0.2) is 4.98 Å². The lowest BCUT2D eigenvalue weighted by molar-refractivity contribution is 0.236. The van der Waals surface area contributed by atoms with E-state index < -0.39 is 0 Å². The van der Waals surface area contributed by atoms with Gasteiger partial charge >= 0.3 is 0 Å². The monoisotopic (exact) mass is 392 g/mol. The number of nitrogens with one attached hydrogen (secondary N) is 1. The van der Waals surface area contributed by atoms with Crippen LogP contribution in [-0.2, 0) is 6.54 Å². The number of rotatable bonds is 6. The van der Waals surface area contributed by atoms with Crippen LogP contribution in [0.3, 0.4) is 0 Å². The minimum atomic E-state index is -0.162. The van der Waals surface area contributed by atoms with E-state index in [1.165, 1.54) is 6.07 Å². The van der Waals surface area contributed by atoms with E-state index in [9.17, 15) is 4.79 Å². The van der Waals surface area contributed by atoms with Gasteiger partial charge in [-0.1, -0.05) is 12.1 Å². The van der Waals surface area contributed by atoms with Gasteiger partial charge in [0.1, 0.15) is 17.3 Å². The Morgan fingerprint density at radius 2 is 2.03 bits per heavy atom. The molecule has 3 aromatic rings. The molecular weight excluding hydrogens is 368 g/mol. The largest absolute Gasteiger partial charge is 0.497 e. The third-order valence-electron chi connectivity index (χ3n) is 5.23. The van der Waals surface area contributed by atoms with E-state index in [2.05, 4.69) is 14.9 Å². The molecule has 4 rings (SSSR count). The number of methoxy groups -OCH3 is 2. The first kappa shape index (κ1) is 19.1. The number of nitrogens with zero attached hydrogens (tertiary/aromatic N) is 3. The number of benzene rings is 1. The van der Waals surface area contributed by atoms with Crippen LogP contribution in [0.15, 0.2) is 53.5 Å². The molecule has 1 saturated heterocycles. The van der Waals surface area contributed by atoms with Crippen LogP contribution in [0.25, 0.3) is 11.4 Å². The minimum Gasteiger partial charge on any atom is -0.497 e. The molecule has 0 aliphatic carbocycles. The molecule has 150 valence electrons. The molecular formula is C22H24N4O3. The van der Waals surface area contributed by atoms with Crippen molar-refractivity contribution in [2.24, 2.45) is 0 Å². The van der Waals surface area contributed by atoms with Crippen molar-refractivity contribution in [3.05, 3.63) is 70.4 Å². The third-order valence-corrected chi connectivity index (χ3v) is 5.23. The Morgan fingerprint density at radius 3 is 2.79 bits per heavy atom. The Labute approximate surface area is 169 Å². The van der Waals surface area contributed by atoms with E-state index >= 15 is 0 Å². The maximum absolute atomic E-state index is 12.3. The summed E-state index contributed by atoms with van der Waals surface area (Å²) in [5, 5.41) is 0. The summed E-state index contributed by atoms with van der Waals surface area (Å²) in [6.45, 7) is 1.63. The summed E-state index contributed by atoms with van der Waals surface area (Å²) in [6.07, 6.45) is 3.68. The van der Waals surface area contributed by atoms with Crippen molar-refractivity contribution in [1.29, 1.82) is 0 Å². The van der Waals surface area contributed by atoms with Crippen LogP contribution < -0.4 is 15.0 Å². The summed E-state index contributed by atoms with van der Waals surface area (Å²) in [7, 11) is 3.30. The minimum absolute atomic E-state index is 0.0400. The van der Waals surface area contributed by atoms with E-state index in [4.69, 9.17) is 14.5 Å². The SMILES string of the molecule is COc1ccc(CN2CCCC2c2nc(-c3ccccn3)cc(=O)[nH]2)c(OC)c1. The highest BCUT2D eigenvalue weighted by Crippen LogP contribution is 2.34. The van der Waals surface area contributed by atoms with Crippen LogP contribution in [0.4, 0.5) is 0 Å². The number of likely N-dealkylation sites (tertiary alicyclic amines) is 1. The summed E-state index contributed by atoms with van der Waals surface area (Å²) in [4.78, 5) is 26.6. The van der Waals surface area contributed by atoms with Gasteiger partial charge in [-0.2, -0.15) is 0 Å². The summed E-state index contributed by atoms with van der Waals surface area (Å²) in [6, 6.07) is 13.0. The van der Waals surface area contributed by atoms with Crippen LogP contribution in [0.5, 0.6) is 11.5 Å². The fraction of sp³-hybridized carbons (Fsp3) is 0.318. The van der Waals surface area contributed by atoms with Crippen LogP contribution >= 0.6 is 0 Å². The Morgan fingerprint density at radius 1 is 1.14 bits per heavy atom. The number of aromatic nitrogens is 3. The first-order chi connectivity index (χ1) is 14.2. The smallest absolute Gasteiger partial charge is 0.251 e. The normalized spacial score (nSPS) is 16.7. The van der Waals surface area contributed by atoms with Gasteiger partial charge in [0.2, 0.25) is 0 Å². The third kappa shape index (κ3) is 4.14. The molecule has 3 heterocycles. The van der Waals surface area contributed by atoms with Crippen LogP contribution in [-0.4, -0.2) is 40.6 Å². The first-order valence-electron chi connectivity index (χ1n) is 9.65. The van der Waals surface area contributed by atoms with Crippen molar-refractivity contribution >= 4 is 0 Å². The molecule has 0 radical (unpaired) electrons. The second kappa shape index (κ2) is 8.45. The summed E-state index contributed by atoms with van der Waals surface area (Å²) in [5.74, 6) is 2.24. The second-order valence-electron chi connectivity index (χ2n) is 7.04. The quantitative estimate of drug-likeness (QED) is 0.694. The highest BCUT2D eigenvalue weighted by molar-refractivity contribution is 5.52. The number of hydrogen-bond acceptors (Lipinski definition) is 6. The molecule has 1 unspecified atom stereocenters. The van der Waals surface area contributed by atoms with Crippen molar-refractivity contribution in [1.82, 2.24) is 19.9 Å². The average molecular weight is 392 g/mol. The summed E-state index contributed by atoms with van der Waals surface area (Å²) >= 11 is 0. The molecule has 0 saturated carbocycles. The van der Waals surface area contributed by atoms with Crippen molar-refractivity contribution in [2.45, 2.75) is 25.4 Å². The maximum Gasteiger partial charge on any atom is 0.251 e. The standard InChI is InChI=1S/C22H24N4O3/c1-28-16-9-8-15(20(12-16)29-2)14-26-11-5-7-19(26)22-24-18(13-21(27)25-22)17-6-3-4-10-23-17/h3-4,6,8-10,12-13,19H,5,7,11,14H2,1-2H3,(H,24,25,27). The fourth-order valence-corrected chi connectivity index (χ4v) is 3.81. The van der Waals surface area contributed by atoms with E-state index in [0.717, 1.165) is 36.4 Å². The Bertz CT molecular complexity index is 1040. The molecule has 7 heteroatoms. The lowest BCUT2D eigenvalue weighted by Crippen LogP contribution is -2.26. The van der Waals surface area contributed by atoms with E-state index in [-0.39, 0.29) is 11.6 Å². The van der Waals surface area contributed by atoms with E-state index in [1.807, 2.05) is 36.4 Å². The Kier molecular flexibility index (Phi) is 5.57. The zero-order chi connectivity index (χ0) is 20.2. The zero-order valence-electron chi connectivity index (χ0n) is 16.6. The molecule has 1 aliphatic heterocycles. The lowest BCUT2D eigenvalue weighted by atomic mass is 10.1. The molecule has 29 heavy (non-hydrogen) atoms. The van der Waals surface area contributed by atoms with Gasteiger partial charge in [-0.15, -0.1) is 0 Å². The molecule has 1 fully saturated rings. The highest BCUT2D eigenvalue weighted by atomic mass is 16.5. The number of hydrogen-bond donors (Lipinski definition) is 1. The summed E-state index contributed by atoms with van der Waals surface area (Å²) < 4.78 is 10.8. The van der Waals surface area contributed by atoms with Gasteiger partial charge in [-0.3, -0.25) is 14.7 Å². The predicted octanol–water partition coefficient (Wildman–Crippen LogP) is 3.19. The number of H-pyrrole nitrogens is 1. The maximum atomic E-state index is 12.3. The van der Waals surface area contributed by atoms with Crippen molar-refractivity contribution in [3.8, 4) is 22.9 Å². The molecule has 0 amide bonds. The number of aromatic amines is 1. The van der Waals surface area contributed by atoms with E-state index in [1.54, 1.807) is 20.4 Å². The highest BCUT2D eigenvalue weighted by Gasteiger charge is 2.29. The summed E-state index contributed by atoms with van der Waals surface area (Å²) in [5.41, 5.74) is 2.20. The predicted molar refractivity (Wildman–Crippen MR) is 110 cm³/mol. The second-order valence-corrected chi connectivity index (χ2v) is 7.04. The van der Waals surface area contributed by atoms with Crippen LogP contribution in [0.1, 0.15) is 30.3 Å². The topological polar surface area (TPSA) is 80.3 Å². The van der Waals surface area contributed by atoms with Crippen molar-refractivity contribution in [2.75, 3.05) is 20.8 Å². The molecule has 1 atom stereocenters. The molecule has 1 aromatic carbocycles. The zero-order valence-corrected chi connectivity index (χ0v) is 16.6. The van der Waals surface area contributed by atoms with Gasteiger partial charge in [0, 0.05) is 30.4 Å². The van der Waals surface area contributed by atoms with Crippen LogP contribution in [0.2, 0.25) is 0 Å². The van der Waals surface area contributed by atoms with Gasteiger partial charge in [-0.05, 0) is 37.6 Å². The number of pyridine rings is 1. The van der Waals surface area contributed by atoms with Crippen molar-refractivity contribution < 1.29 is 9.47 Å². The molecule has 7 nitrogen and oxygen atoms in total. The fourth-order valence-electron chi connectivity index (χ4n) is 3.81. The molecule has 2 aromatic heterocycles. The molecule has 1 aliphatic rings. The van der Waals surface area contributed by atoms with Gasteiger partial charge in [0.25, 0.3) is 5.56 Å². The average Bonchev–Trinajstić information content (AvgIpc) is 3.22. The van der Waals surface area contributed by atoms with Gasteiger partial charge < -0.3 is 14.5 Å². The Balaban J connectivity index is 1.62. The number of ether oxygens (including phenoxy) is 2. The van der Waals surface area contributed by atoms with Crippen LogP contribution in [0, 0.1) is 0 Å². The molecule has 0 bridgehead atoms. The first-order valence-corrected chi connectivity index (χ1v) is 9.65. The Hall–Kier alpha value is -3.19. The van der Waals surface area contributed by atoms with Gasteiger partial charge in [0.15, 0.2) is 0 Å². The molecule has 1 N–H and O–H groups in total. The van der Waals surface area contributed by atoms with Crippen molar-refractivity contribution in [3.63, 3.8) is 0 Å². The lowest BCUT2D eigenvalue weighted by Gasteiger charge is -2.25. The van der Waals surface area contributed by atoms with E-state index in [0.29, 0.717) is 23.8 Å². The molecule has 0 spiro atoms. The van der Waals surface area contributed by atoms with Gasteiger partial charge in [0.05, 0.1) is 31.6 Å².